The average molecular weight is 326 g/mol. The van der Waals surface area contributed by atoms with Crippen LogP contribution in [0.1, 0.15) is 15.9 Å². The van der Waals surface area contributed by atoms with Crippen LogP contribution in [0.15, 0.2) is 36.4 Å². The van der Waals surface area contributed by atoms with E-state index in [2.05, 4.69) is 15.5 Å². The zero-order valence-corrected chi connectivity index (χ0v) is 12.5. The van der Waals surface area contributed by atoms with Gasteiger partial charge in [0.2, 0.25) is 0 Å². The summed E-state index contributed by atoms with van der Waals surface area (Å²) in [6.07, 6.45) is 0.507. The second-order valence-electron chi connectivity index (χ2n) is 4.41. The summed E-state index contributed by atoms with van der Waals surface area (Å²) in [5.74, 6) is -0.452. The van der Waals surface area contributed by atoms with Crippen LogP contribution in [-0.2, 0) is 6.42 Å². The van der Waals surface area contributed by atoms with Crippen molar-refractivity contribution in [2.75, 3.05) is 6.61 Å². The normalized spacial score (nSPS) is 12.0. The third-order valence-electron chi connectivity index (χ3n) is 2.84. The highest BCUT2D eigenvalue weighted by atomic mass is 35.5. The van der Waals surface area contributed by atoms with Gasteiger partial charge in [0.1, 0.15) is 0 Å². The SMILES string of the molecule is O=C(NC(CO)Cc1ccccc1)c1cc(Cl)nnc1Cl. The summed E-state index contributed by atoms with van der Waals surface area (Å²) < 4.78 is 0. The molecule has 7 heteroatoms. The number of nitrogens with one attached hydrogen (secondary N) is 1. The number of hydrogen-bond donors (Lipinski definition) is 2. The molecular weight excluding hydrogens is 313 g/mol. The van der Waals surface area contributed by atoms with Gasteiger partial charge in [-0.05, 0) is 18.1 Å². The molecule has 1 unspecified atom stereocenters. The Morgan fingerprint density at radius 3 is 2.62 bits per heavy atom. The zero-order valence-electron chi connectivity index (χ0n) is 11.0. The topological polar surface area (TPSA) is 75.1 Å². The molecule has 1 aromatic carbocycles. The monoisotopic (exact) mass is 325 g/mol. The zero-order chi connectivity index (χ0) is 15.2. The van der Waals surface area contributed by atoms with E-state index in [1.54, 1.807) is 0 Å². The van der Waals surface area contributed by atoms with Crippen molar-refractivity contribution in [1.29, 1.82) is 0 Å². The number of halogens is 2. The van der Waals surface area contributed by atoms with Crippen molar-refractivity contribution in [3.63, 3.8) is 0 Å². The Bertz CT molecular complexity index is 623. The van der Waals surface area contributed by atoms with Crippen molar-refractivity contribution in [3.8, 4) is 0 Å². The Morgan fingerprint density at radius 1 is 1.24 bits per heavy atom. The Kier molecular flexibility index (Phi) is 5.50. The molecule has 1 aromatic heterocycles. The van der Waals surface area contributed by atoms with Gasteiger partial charge in [0.15, 0.2) is 10.3 Å². The van der Waals surface area contributed by atoms with Crippen molar-refractivity contribution in [2.24, 2.45) is 0 Å². The quantitative estimate of drug-likeness (QED) is 0.882. The number of aliphatic hydroxyl groups is 1. The van der Waals surface area contributed by atoms with E-state index >= 15 is 0 Å². The molecule has 0 aliphatic carbocycles. The van der Waals surface area contributed by atoms with Crippen LogP contribution in [0.4, 0.5) is 0 Å². The number of rotatable bonds is 5. The minimum atomic E-state index is -0.452. The van der Waals surface area contributed by atoms with Crippen LogP contribution >= 0.6 is 23.2 Å². The van der Waals surface area contributed by atoms with Crippen LogP contribution in [0, 0.1) is 0 Å². The highest BCUT2D eigenvalue weighted by Crippen LogP contribution is 2.15. The summed E-state index contributed by atoms with van der Waals surface area (Å²) in [5, 5.41) is 19.3. The number of nitrogens with zero attached hydrogens (tertiary/aromatic N) is 2. The predicted octanol–water partition coefficient (Wildman–Crippen LogP) is 2.12. The summed E-state index contributed by atoms with van der Waals surface area (Å²) in [6.45, 7) is -0.190. The van der Waals surface area contributed by atoms with E-state index < -0.39 is 11.9 Å². The van der Waals surface area contributed by atoms with Gasteiger partial charge < -0.3 is 10.4 Å². The fourth-order valence-corrected chi connectivity index (χ4v) is 2.16. The maximum Gasteiger partial charge on any atom is 0.254 e. The number of carbonyl (C=O) groups is 1. The predicted molar refractivity (Wildman–Crippen MR) is 80.5 cm³/mol. The van der Waals surface area contributed by atoms with Gasteiger partial charge in [-0.2, -0.15) is 0 Å². The molecule has 0 bridgehead atoms. The molecule has 0 saturated carbocycles. The lowest BCUT2D eigenvalue weighted by molar-refractivity contribution is 0.0916. The van der Waals surface area contributed by atoms with Crippen molar-refractivity contribution < 1.29 is 9.90 Å². The molecule has 0 aliphatic heterocycles. The smallest absolute Gasteiger partial charge is 0.254 e. The first-order valence-electron chi connectivity index (χ1n) is 6.24. The lowest BCUT2D eigenvalue weighted by atomic mass is 10.1. The summed E-state index contributed by atoms with van der Waals surface area (Å²) in [5.41, 5.74) is 1.14. The first-order chi connectivity index (χ1) is 10.1. The van der Waals surface area contributed by atoms with Gasteiger partial charge in [0.05, 0.1) is 18.2 Å². The molecule has 0 radical (unpaired) electrons. The molecule has 0 saturated heterocycles. The van der Waals surface area contributed by atoms with Gasteiger partial charge in [0.25, 0.3) is 5.91 Å². The highest BCUT2D eigenvalue weighted by Gasteiger charge is 2.17. The summed E-state index contributed by atoms with van der Waals surface area (Å²) >= 11 is 11.5. The van der Waals surface area contributed by atoms with Gasteiger partial charge in [-0.25, -0.2) is 0 Å². The van der Waals surface area contributed by atoms with E-state index in [0.29, 0.717) is 6.42 Å². The maximum atomic E-state index is 12.1. The van der Waals surface area contributed by atoms with E-state index in [0.717, 1.165) is 5.56 Å². The van der Waals surface area contributed by atoms with E-state index in [4.69, 9.17) is 23.2 Å². The fraction of sp³-hybridized carbons (Fsp3) is 0.214. The largest absolute Gasteiger partial charge is 0.394 e. The molecule has 1 atom stereocenters. The number of aliphatic hydroxyl groups excluding tert-OH is 1. The van der Waals surface area contributed by atoms with E-state index in [9.17, 15) is 9.90 Å². The molecule has 1 heterocycles. The van der Waals surface area contributed by atoms with Gasteiger partial charge in [-0.3, -0.25) is 4.79 Å². The number of amides is 1. The fourth-order valence-electron chi connectivity index (χ4n) is 1.84. The number of benzene rings is 1. The standard InChI is InChI=1S/C14H13Cl2N3O2/c15-12-7-11(13(16)19-18-12)14(21)17-10(8-20)6-9-4-2-1-3-5-9/h1-5,7,10,20H,6,8H2,(H,17,21). The van der Waals surface area contributed by atoms with Gasteiger partial charge in [-0.1, -0.05) is 53.5 Å². The Hall–Kier alpha value is -1.69. The minimum absolute atomic E-state index is 0.0340. The van der Waals surface area contributed by atoms with Crippen molar-refractivity contribution in [3.05, 3.63) is 57.8 Å². The molecule has 21 heavy (non-hydrogen) atoms. The third kappa shape index (κ3) is 4.39. The van der Waals surface area contributed by atoms with Crippen LogP contribution in [0.3, 0.4) is 0 Å². The molecule has 2 aromatic rings. The van der Waals surface area contributed by atoms with Crippen molar-refractivity contribution >= 4 is 29.1 Å². The second-order valence-corrected chi connectivity index (χ2v) is 5.16. The van der Waals surface area contributed by atoms with Gasteiger partial charge in [0, 0.05) is 0 Å². The Balaban J connectivity index is 2.07. The summed E-state index contributed by atoms with van der Waals surface area (Å²) in [4.78, 5) is 12.1. The van der Waals surface area contributed by atoms with Gasteiger partial charge in [-0.15, -0.1) is 10.2 Å². The molecule has 5 nitrogen and oxygen atoms in total. The lowest BCUT2D eigenvalue weighted by Gasteiger charge is -2.16. The molecule has 110 valence electrons. The second kappa shape index (κ2) is 7.36. The summed E-state index contributed by atoms with van der Waals surface area (Å²) in [6, 6.07) is 10.5. The van der Waals surface area contributed by atoms with E-state index in [1.165, 1.54) is 6.07 Å². The van der Waals surface area contributed by atoms with E-state index in [-0.39, 0.29) is 22.5 Å². The van der Waals surface area contributed by atoms with Crippen molar-refractivity contribution in [2.45, 2.75) is 12.5 Å². The number of hydrogen-bond acceptors (Lipinski definition) is 4. The van der Waals surface area contributed by atoms with Crippen LogP contribution in [0.25, 0.3) is 0 Å². The average Bonchev–Trinajstić information content (AvgIpc) is 2.50. The van der Waals surface area contributed by atoms with Crippen molar-refractivity contribution in [1.82, 2.24) is 15.5 Å². The van der Waals surface area contributed by atoms with Gasteiger partial charge >= 0.3 is 0 Å². The van der Waals surface area contributed by atoms with Crippen LogP contribution in [0.2, 0.25) is 10.3 Å². The Morgan fingerprint density at radius 2 is 1.95 bits per heavy atom. The van der Waals surface area contributed by atoms with E-state index in [1.807, 2.05) is 30.3 Å². The lowest BCUT2D eigenvalue weighted by Crippen LogP contribution is -2.39. The molecule has 0 fully saturated rings. The highest BCUT2D eigenvalue weighted by molar-refractivity contribution is 6.34. The Labute approximate surface area is 131 Å². The van der Waals surface area contributed by atoms with Crippen LogP contribution in [-0.4, -0.2) is 33.9 Å². The molecule has 2 rings (SSSR count). The number of aromatic nitrogens is 2. The number of carbonyl (C=O) groups excluding carboxylic acids is 1. The first-order valence-corrected chi connectivity index (χ1v) is 7.00. The minimum Gasteiger partial charge on any atom is -0.394 e. The van der Waals surface area contributed by atoms with Crippen LogP contribution < -0.4 is 5.32 Å². The van der Waals surface area contributed by atoms with Crippen LogP contribution in [0.5, 0.6) is 0 Å². The molecule has 0 spiro atoms. The maximum absolute atomic E-state index is 12.1. The third-order valence-corrected chi connectivity index (χ3v) is 3.31. The molecular formula is C14H13Cl2N3O2. The molecule has 2 N–H and O–H groups in total. The summed E-state index contributed by atoms with van der Waals surface area (Å²) in [7, 11) is 0. The molecule has 1 amide bonds. The molecule has 0 aliphatic rings. The first kappa shape index (κ1) is 15.7.